The SMILES string of the molecule is Clc1cc(-c2cnn3ccc(Cl)cc23)nc(N2CCNCC2)c1. The molecule has 0 atom stereocenters. The van der Waals surface area contributed by atoms with Crippen molar-refractivity contribution in [3.8, 4) is 11.3 Å². The van der Waals surface area contributed by atoms with Crippen LogP contribution in [-0.4, -0.2) is 40.8 Å². The maximum absolute atomic E-state index is 6.33. The van der Waals surface area contributed by atoms with E-state index in [1.54, 1.807) is 10.7 Å². The molecule has 0 radical (unpaired) electrons. The van der Waals surface area contributed by atoms with E-state index < -0.39 is 0 Å². The monoisotopic (exact) mass is 347 g/mol. The van der Waals surface area contributed by atoms with E-state index >= 15 is 0 Å². The number of fused-ring (bicyclic) bond motifs is 1. The fraction of sp³-hybridized carbons (Fsp3) is 0.250. The summed E-state index contributed by atoms with van der Waals surface area (Å²) in [5.41, 5.74) is 2.65. The van der Waals surface area contributed by atoms with Gasteiger partial charge in [-0.2, -0.15) is 5.10 Å². The number of nitrogens with zero attached hydrogens (tertiary/aromatic N) is 4. The minimum Gasteiger partial charge on any atom is -0.354 e. The molecular weight excluding hydrogens is 333 g/mol. The molecule has 1 aliphatic heterocycles. The molecular formula is C16H15Cl2N5. The average molecular weight is 348 g/mol. The molecule has 0 saturated carbocycles. The van der Waals surface area contributed by atoms with E-state index in [4.69, 9.17) is 28.2 Å². The Bertz CT molecular complexity index is 855. The van der Waals surface area contributed by atoms with E-state index in [-0.39, 0.29) is 0 Å². The first-order chi connectivity index (χ1) is 11.2. The summed E-state index contributed by atoms with van der Waals surface area (Å²) in [5.74, 6) is 0.898. The maximum Gasteiger partial charge on any atom is 0.130 e. The lowest BCUT2D eigenvalue weighted by atomic mass is 10.2. The molecule has 3 aromatic rings. The van der Waals surface area contributed by atoms with Crippen molar-refractivity contribution in [2.75, 3.05) is 31.1 Å². The predicted octanol–water partition coefficient (Wildman–Crippen LogP) is 3.11. The van der Waals surface area contributed by atoms with Crippen LogP contribution in [0.1, 0.15) is 0 Å². The van der Waals surface area contributed by atoms with Crippen LogP contribution in [0.15, 0.2) is 36.7 Å². The Morgan fingerprint density at radius 2 is 1.87 bits per heavy atom. The van der Waals surface area contributed by atoms with E-state index in [0.717, 1.165) is 48.8 Å². The van der Waals surface area contributed by atoms with E-state index in [1.165, 1.54) is 0 Å². The molecule has 1 aliphatic rings. The molecule has 0 aliphatic carbocycles. The van der Waals surface area contributed by atoms with E-state index in [1.807, 2.05) is 30.5 Å². The van der Waals surface area contributed by atoms with Gasteiger partial charge in [0.15, 0.2) is 0 Å². The fourth-order valence-electron chi connectivity index (χ4n) is 2.83. The lowest BCUT2D eigenvalue weighted by Gasteiger charge is -2.28. The Balaban J connectivity index is 1.81. The normalized spacial score (nSPS) is 15.3. The zero-order valence-electron chi connectivity index (χ0n) is 12.3. The smallest absolute Gasteiger partial charge is 0.130 e. The molecule has 4 rings (SSSR count). The Labute approximate surface area is 143 Å². The third kappa shape index (κ3) is 2.87. The highest BCUT2D eigenvalue weighted by Crippen LogP contribution is 2.29. The predicted molar refractivity (Wildman–Crippen MR) is 93.5 cm³/mol. The van der Waals surface area contributed by atoms with Gasteiger partial charge in [0.05, 0.1) is 17.4 Å². The van der Waals surface area contributed by atoms with Crippen molar-refractivity contribution >= 4 is 34.5 Å². The van der Waals surface area contributed by atoms with Crippen LogP contribution in [0, 0.1) is 0 Å². The van der Waals surface area contributed by atoms with Crippen LogP contribution in [-0.2, 0) is 0 Å². The summed E-state index contributed by atoms with van der Waals surface area (Å²) >= 11 is 12.4. The van der Waals surface area contributed by atoms with Gasteiger partial charge in [0.25, 0.3) is 0 Å². The van der Waals surface area contributed by atoms with Crippen LogP contribution in [0.3, 0.4) is 0 Å². The highest BCUT2D eigenvalue weighted by molar-refractivity contribution is 6.31. The second kappa shape index (κ2) is 6.00. The molecule has 5 nitrogen and oxygen atoms in total. The average Bonchev–Trinajstić information content (AvgIpc) is 2.98. The summed E-state index contributed by atoms with van der Waals surface area (Å²) in [6, 6.07) is 7.47. The van der Waals surface area contributed by atoms with E-state index in [2.05, 4.69) is 15.3 Å². The van der Waals surface area contributed by atoms with Gasteiger partial charge < -0.3 is 10.2 Å². The molecule has 23 heavy (non-hydrogen) atoms. The first-order valence-electron chi connectivity index (χ1n) is 7.47. The molecule has 0 unspecified atom stereocenters. The van der Waals surface area contributed by atoms with E-state index in [9.17, 15) is 0 Å². The van der Waals surface area contributed by atoms with Crippen molar-refractivity contribution < 1.29 is 0 Å². The zero-order chi connectivity index (χ0) is 15.8. The molecule has 0 bridgehead atoms. The molecule has 4 heterocycles. The minimum absolute atomic E-state index is 0.670. The van der Waals surface area contributed by atoms with Gasteiger partial charge >= 0.3 is 0 Å². The maximum atomic E-state index is 6.33. The van der Waals surface area contributed by atoms with Gasteiger partial charge in [-0.1, -0.05) is 23.2 Å². The summed E-state index contributed by atoms with van der Waals surface area (Å²) < 4.78 is 1.79. The lowest BCUT2D eigenvalue weighted by Crippen LogP contribution is -2.43. The molecule has 0 aromatic carbocycles. The van der Waals surface area contributed by atoms with Gasteiger partial charge in [-0.25, -0.2) is 9.50 Å². The van der Waals surface area contributed by atoms with Crippen molar-refractivity contribution in [2.45, 2.75) is 0 Å². The van der Waals surface area contributed by atoms with Crippen molar-refractivity contribution in [1.29, 1.82) is 0 Å². The van der Waals surface area contributed by atoms with Gasteiger partial charge in [0.2, 0.25) is 0 Å². The Hall–Kier alpha value is -1.82. The number of nitrogens with one attached hydrogen (secondary N) is 1. The van der Waals surface area contributed by atoms with Crippen LogP contribution >= 0.6 is 23.2 Å². The van der Waals surface area contributed by atoms with Crippen LogP contribution < -0.4 is 10.2 Å². The number of pyridine rings is 2. The molecule has 1 saturated heterocycles. The van der Waals surface area contributed by atoms with Crippen LogP contribution in [0.2, 0.25) is 10.0 Å². The van der Waals surface area contributed by atoms with E-state index in [0.29, 0.717) is 10.0 Å². The minimum atomic E-state index is 0.670. The number of hydrogen-bond acceptors (Lipinski definition) is 4. The van der Waals surface area contributed by atoms with Crippen LogP contribution in [0.25, 0.3) is 16.8 Å². The summed E-state index contributed by atoms with van der Waals surface area (Å²) in [6.45, 7) is 3.76. The highest BCUT2D eigenvalue weighted by atomic mass is 35.5. The van der Waals surface area contributed by atoms with Gasteiger partial charge in [-0.05, 0) is 24.3 Å². The van der Waals surface area contributed by atoms with Crippen molar-refractivity contribution in [1.82, 2.24) is 19.9 Å². The number of anilines is 1. The Kier molecular flexibility index (Phi) is 3.85. The number of hydrogen-bond donors (Lipinski definition) is 1. The standard InChI is InChI=1S/C16H15Cl2N5/c17-11-1-4-23-15(8-11)13(10-20-23)14-7-12(18)9-16(21-14)22-5-2-19-3-6-22/h1,4,7-10,19H,2-3,5-6H2. The van der Waals surface area contributed by atoms with Crippen LogP contribution in [0.4, 0.5) is 5.82 Å². The van der Waals surface area contributed by atoms with Crippen molar-refractivity contribution in [2.24, 2.45) is 0 Å². The third-order valence-corrected chi connectivity index (χ3v) is 4.43. The van der Waals surface area contributed by atoms with Gasteiger partial charge in [-0.15, -0.1) is 0 Å². The van der Waals surface area contributed by atoms with Crippen LogP contribution in [0.5, 0.6) is 0 Å². The zero-order valence-corrected chi connectivity index (χ0v) is 13.8. The van der Waals surface area contributed by atoms with Gasteiger partial charge in [-0.3, -0.25) is 0 Å². The quantitative estimate of drug-likeness (QED) is 0.773. The molecule has 7 heteroatoms. The fourth-order valence-corrected chi connectivity index (χ4v) is 3.19. The van der Waals surface area contributed by atoms with Gasteiger partial charge in [0, 0.05) is 48.0 Å². The molecule has 0 amide bonds. The molecule has 118 valence electrons. The Morgan fingerprint density at radius 3 is 2.70 bits per heavy atom. The summed E-state index contributed by atoms with van der Waals surface area (Å²) in [7, 11) is 0. The second-order valence-electron chi connectivity index (χ2n) is 5.50. The van der Waals surface area contributed by atoms with Crippen molar-refractivity contribution in [3.63, 3.8) is 0 Å². The number of rotatable bonds is 2. The first kappa shape index (κ1) is 14.8. The molecule has 1 fully saturated rings. The summed E-state index contributed by atoms with van der Waals surface area (Å²) in [6.07, 6.45) is 3.63. The second-order valence-corrected chi connectivity index (χ2v) is 6.37. The first-order valence-corrected chi connectivity index (χ1v) is 8.23. The Morgan fingerprint density at radius 1 is 1.04 bits per heavy atom. The number of piperazine rings is 1. The molecule has 1 N–H and O–H groups in total. The number of halogens is 2. The highest BCUT2D eigenvalue weighted by Gasteiger charge is 2.15. The molecule has 0 spiro atoms. The van der Waals surface area contributed by atoms with Crippen molar-refractivity contribution in [3.05, 3.63) is 46.7 Å². The largest absolute Gasteiger partial charge is 0.354 e. The third-order valence-electron chi connectivity index (χ3n) is 3.98. The summed E-state index contributed by atoms with van der Waals surface area (Å²) in [4.78, 5) is 7.04. The molecule has 3 aromatic heterocycles. The van der Waals surface area contributed by atoms with Gasteiger partial charge in [0.1, 0.15) is 5.82 Å². The number of aromatic nitrogens is 3. The lowest BCUT2D eigenvalue weighted by molar-refractivity contribution is 0.585. The topological polar surface area (TPSA) is 45.5 Å². The summed E-state index contributed by atoms with van der Waals surface area (Å²) in [5, 5.41) is 9.04.